The number of benzene rings is 1. The molecule has 0 fully saturated rings. The molecule has 1 aromatic carbocycles. The van der Waals surface area contributed by atoms with Gasteiger partial charge in [-0.25, -0.2) is 0 Å². The van der Waals surface area contributed by atoms with Gasteiger partial charge in [0.1, 0.15) is 17.9 Å². The Morgan fingerprint density at radius 1 is 1.26 bits per heavy atom. The molecule has 0 radical (unpaired) electrons. The second kappa shape index (κ2) is 8.96. The van der Waals surface area contributed by atoms with Crippen molar-refractivity contribution in [2.45, 2.75) is 57.8 Å². The van der Waals surface area contributed by atoms with Crippen molar-refractivity contribution in [3.63, 3.8) is 0 Å². The first-order valence-electron chi connectivity index (χ1n) is 9.16. The first kappa shape index (κ1) is 21.6. The Kier molecular flexibility index (Phi) is 7.16. The van der Waals surface area contributed by atoms with E-state index in [-0.39, 0.29) is 11.1 Å². The van der Waals surface area contributed by atoms with Crippen molar-refractivity contribution in [3.05, 3.63) is 52.9 Å². The normalized spacial score (nSPS) is 13.2. The molecule has 6 heteroatoms. The largest absolute Gasteiger partial charge is 0.484 e. The van der Waals surface area contributed by atoms with E-state index in [1.807, 2.05) is 6.07 Å². The van der Waals surface area contributed by atoms with Gasteiger partial charge in [-0.2, -0.15) is 5.26 Å². The summed E-state index contributed by atoms with van der Waals surface area (Å²) in [6, 6.07) is 9.07. The average molecular weight is 406 g/mol. The molecule has 146 valence electrons. The zero-order valence-electron chi connectivity index (χ0n) is 16.7. The van der Waals surface area contributed by atoms with Crippen LogP contribution in [0.15, 0.2) is 41.2 Å². The van der Waals surface area contributed by atoms with Crippen molar-refractivity contribution < 1.29 is 13.6 Å². The van der Waals surface area contributed by atoms with Crippen LogP contribution in [0.5, 0.6) is 5.75 Å². The van der Waals surface area contributed by atoms with Gasteiger partial charge in [0.25, 0.3) is 0 Å². The number of nitrogens with zero attached hydrogens (tertiary/aromatic N) is 1. The summed E-state index contributed by atoms with van der Waals surface area (Å²) < 4.78 is 17.6. The summed E-state index contributed by atoms with van der Waals surface area (Å²) in [5.74, 6) is 0.488. The van der Waals surface area contributed by atoms with E-state index in [1.165, 1.54) is 0 Å². The fourth-order valence-electron chi connectivity index (χ4n) is 2.40. The highest BCUT2D eigenvalue weighted by Gasteiger charge is 2.36. The van der Waals surface area contributed by atoms with E-state index in [2.05, 4.69) is 39.9 Å². The van der Waals surface area contributed by atoms with Crippen LogP contribution in [0.4, 0.5) is 0 Å². The molecule has 1 unspecified atom stereocenters. The second-order valence-corrected chi connectivity index (χ2v) is 13.4. The van der Waals surface area contributed by atoms with Crippen molar-refractivity contribution in [3.8, 4) is 11.8 Å². The van der Waals surface area contributed by atoms with E-state index in [4.69, 9.17) is 25.2 Å². The van der Waals surface area contributed by atoms with E-state index >= 15 is 0 Å². The average Bonchev–Trinajstić information content (AvgIpc) is 3.11. The summed E-state index contributed by atoms with van der Waals surface area (Å²) in [5.41, 5.74) is 1.40. The van der Waals surface area contributed by atoms with Gasteiger partial charge in [0.2, 0.25) is 0 Å². The highest BCUT2D eigenvalue weighted by Crippen LogP contribution is 2.37. The number of furan rings is 1. The Labute approximate surface area is 168 Å². The topological polar surface area (TPSA) is 55.4 Å². The van der Waals surface area contributed by atoms with Crippen molar-refractivity contribution >= 4 is 19.9 Å². The van der Waals surface area contributed by atoms with Crippen LogP contribution >= 0.6 is 11.6 Å². The van der Waals surface area contributed by atoms with Crippen molar-refractivity contribution in [2.75, 3.05) is 6.61 Å². The van der Waals surface area contributed by atoms with Crippen LogP contribution in [0, 0.1) is 11.3 Å². The number of hydrogen-bond donors (Lipinski definition) is 0. The van der Waals surface area contributed by atoms with Crippen molar-refractivity contribution in [2.24, 2.45) is 0 Å². The van der Waals surface area contributed by atoms with Crippen LogP contribution in [0.25, 0.3) is 0 Å². The Morgan fingerprint density at radius 3 is 2.59 bits per heavy atom. The maximum atomic E-state index is 9.33. The molecule has 0 spiro atoms. The third-order valence-corrected chi connectivity index (χ3v) is 9.90. The van der Waals surface area contributed by atoms with Gasteiger partial charge < -0.3 is 13.6 Å². The molecular formula is C21H28ClNO3Si. The summed E-state index contributed by atoms with van der Waals surface area (Å²) >= 11 is 6.08. The van der Waals surface area contributed by atoms with Crippen LogP contribution in [0.1, 0.15) is 50.8 Å². The first-order valence-corrected chi connectivity index (χ1v) is 12.4. The fourth-order valence-corrected chi connectivity index (χ4v) is 3.65. The minimum absolute atomic E-state index is 0.190. The quantitative estimate of drug-likeness (QED) is 0.361. The number of ether oxygens (including phenoxy) is 1. The van der Waals surface area contributed by atoms with Gasteiger partial charge >= 0.3 is 0 Å². The number of halogens is 1. The molecule has 0 amide bonds. The lowest BCUT2D eigenvalue weighted by atomic mass is 10.1. The summed E-state index contributed by atoms with van der Waals surface area (Å²) in [5, 5.41) is 10.1. The van der Waals surface area contributed by atoms with E-state index in [0.717, 1.165) is 18.4 Å². The lowest BCUT2D eigenvalue weighted by Crippen LogP contribution is -2.41. The third kappa shape index (κ3) is 5.87. The second-order valence-electron chi connectivity index (χ2n) is 8.17. The van der Waals surface area contributed by atoms with Gasteiger partial charge in [-0.05, 0) is 49.2 Å². The van der Waals surface area contributed by atoms with Crippen molar-refractivity contribution in [1.29, 1.82) is 5.26 Å². The van der Waals surface area contributed by atoms with Crippen LogP contribution in [-0.2, 0) is 4.43 Å². The maximum Gasteiger partial charge on any atom is 0.191 e. The van der Waals surface area contributed by atoms with E-state index in [9.17, 15) is 5.26 Å². The molecule has 0 aliphatic rings. The lowest BCUT2D eigenvalue weighted by molar-refractivity contribution is 0.175. The molecule has 0 saturated heterocycles. The monoisotopic (exact) mass is 405 g/mol. The summed E-state index contributed by atoms with van der Waals surface area (Å²) in [7, 11) is -1.76. The van der Waals surface area contributed by atoms with Gasteiger partial charge in [0.15, 0.2) is 8.32 Å². The molecule has 0 saturated carbocycles. The van der Waals surface area contributed by atoms with Crippen LogP contribution in [-0.4, -0.2) is 14.9 Å². The molecule has 0 bridgehead atoms. The first-order chi connectivity index (χ1) is 12.6. The molecule has 0 N–H and O–H groups in total. The molecule has 1 heterocycles. The Morgan fingerprint density at radius 2 is 2.00 bits per heavy atom. The van der Waals surface area contributed by atoms with Gasteiger partial charge in [-0.3, -0.25) is 0 Å². The van der Waals surface area contributed by atoms with Gasteiger partial charge in [0.05, 0.1) is 18.1 Å². The van der Waals surface area contributed by atoms with Crippen LogP contribution in [0.3, 0.4) is 0 Å². The molecule has 2 rings (SSSR count). The molecule has 1 atom stereocenters. The van der Waals surface area contributed by atoms with Crippen LogP contribution in [0.2, 0.25) is 23.2 Å². The molecule has 4 nitrogen and oxygen atoms in total. The third-order valence-electron chi connectivity index (χ3n) is 5.13. The molecule has 27 heavy (non-hydrogen) atoms. The van der Waals surface area contributed by atoms with Gasteiger partial charge in [-0.1, -0.05) is 32.4 Å². The summed E-state index contributed by atoms with van der Waals surface area (Å²) in [4.78, 5) is 0. The standard InChI is InChI=1S/C21H28ClNO3Si/c1-21(2,3)27(4,5)25-11-6-7-19(17-10-12-24-15-17)26-20-13-18(22)9-8-16(20)14-23/h8-10,12-13,15,19H,6-7,11H2,1-5H3. The number of hydrogen-bond acceptors (Lipinski definition) is 4. The Bertz CT molecular complexity index is 776. The van der Waals surface area contributed by atoms with E-state index < -0.39 is 8.32 Å². The fraction of sp³-hybridized carbons (Fsp3) is 0.476. The van der Waals surface area contributed by atoms with Crippen LogP contribution < -0.4 is 4.74 Å². The van der Waals surface area contributed by atoms with Gasteiger partial charge in [-0.15, -0.1) is 0 Å². The Hall–Kier alpha value is -1.74. The Balaban J connectivity index is 2.05. The summed E-state index contributed by atoms with van der Waals surface area (Å²) in [6.45, 7) is 11.9. The minimum Gasteiger partial charge on any atom is -0.484 e. The molecule has 1 aromatic heterocycles. The maximum absolute atomic E-state index is 9.33. The number of rotatable bonds is 8. The zero-order chi connectivity index (χ0) is 20.1. The predicted octanol–water partition coefficient (Wildman–Crippen LogP) is 6.73. The molecule has 0 aliphatic carbocycles. The SMILES string of the molecule is CC(C)(C)[Si](C)(C)OCCCC(Oc1cc(Cl)ccc1C#N)c1ccoc1. The minimum atomic E-state index is -1.76. The summed E-state index contributed by atoms with van der Waals surface area (Å²) in [6.07, 6.45) is 4.69. The van der Waals surface area contributed by atoms with Crippen molar-refractivity contribution in [1.82, 2.24) is 0 Å². The predicted molar refractivity (Wildman–Crippen MR) is 111 cm³/mol. The zero-order valence-corrected chi connectivity index (χ0v) is 18.5. The van der Waals surface area contributed by atoms with Gasteiger partial charge in [0, 0.05) is 23.3 Å². The lowest BCUT2D eigenvalue weighted by Gasteiger charge is -2.36. The molecular weight excluding hydrogens is 378 g/mol. The molecule has 2 aromatic rings. The van der Waals surface area contributed by atoms with E-state index in [1.54, 1.807) is 30.7 Å². The molecule has 0 aliphatic heterocycles. The highest BCUT2D eigenvalue weighted by atomic mass is 35.5. The smallest absolute Gasteiger partial charge is 0.191 e. The van der Waals surface area contributed by atoms with E-state index in [0.29, 0.717) is 22.9 Å². The highest BCUT2D eigenvalue weighted by molar-refractivity contribution is 6.74. The number of nitriles is 1.